The van der Waals surface area contributed by atoms with Gasteiger partial charge in [-0.3, -0.25) is 5.10 Å². The highest BCUT2D eigenvalue weighted by molar-refractivity contribution is 7.71. The quantitative estimate of drug-likeness (QED) is 0.697. The van der Waals surface area contributed by atoms with Gasteiger partial charge in [-0.2, -0.15) is 28.0 Å². The number of rotatable bonds is 3. The molecule has 0 aliphatic carbocycles. The van der Waals surface area contributed by atoms with Crippen LogP contribution in [0, 0.1) is 4.77 Å². The maximum Gasteiger partial charge on any atom is 0.416 e. The normalized spacial score (nSPS) is 12.2. The minimum Gasteiger partial charge on any atom is -0.250 e. The summed E-state index contributed by atoms with van der Waals surface area (Å²) in [5.41, 5.74) is -0.377. The van der Waals surface area contributed by atoms with E-state index < -0.39 is 11.7 Å². The molecule has 0 spiro atoms. The average Bonchev–Trinajstić information content (AvgIpc) is 2.76. The Kier molecular flexibility index (Phi) is 4.03. The lowest BCUT2D eigenvalue weighted by Gasteiger charge is -2.06. The van der Waals surface area contributed by atoms with Crippen LogP contribution < -0.4 is 0 Å². The second kappa shape index (κ2) is 5.58. The number of alkyl halides is 3. The summed E-state index contributed by atoms with van der Waals surface area (Å²) in [4.78, 5) is 0. The first-order valence-electron chi connectivity index (χ1n) is 5.79. The number of nitrogens with one attached hydrogen (secondary N) is 1. The molecule has 1 aromatic carbocycles. The van der Waals surface area contributed by atoms with Crippen molar-refractivity contribution in [3.8, 4) is 0 Å². The van der Waals surface area contributed by atoms with Crippen LogP contribution >= 0.6 is 12.2 Å². The van der Waals surface area contributed by atoms with Crippen LogP contribution in [0.3, 0.4) is 0 Å². The van der Waals surface area contributed by atoms with Crippen molar-refractivity contribution >= 4 is 18.4 Å². The number of aromatic amines is 1. The van der Waals surface area contributed by atoms with Crippen LogP contribution in [0.1, 0.15) is 23.9 Å². The molecule has 4 nitrogen and oxygen atoms in total. The van der Waals surface area contributed by atoms with Crippen molar-refractivity contribution in [3.05, 3.63) is 46.0 Å². The SMILES string of the molecule is CCc1n[nH]c(=S)n1/N=C\c1cccc(C(F)(F)F)c1. The van der Waals surface area contributed by atoms with Crippen molar-refractivity contribution in [1.82, 2.24) is 14.9 Å². The Morgan fingerprint density at radius 1 is 1.45 bits per heavy atom. The van der Waals surface area contributed by atoms with E-state index in [1.54, 1.807) is 0 Å². The minimum absolute atomic E-state index is 0.296. The van der Waals surface area contributed by atoms with Crippen LogP contribution in [0.4, 0.5) is 13.2 Å². The fourth-order valence-corrected chi connectivity index (χ4v) is 1.79. The Hall–Kier alpha value is -1.96. The van der Waals surface area contributed by atoms with E-state index in [2.05, 4.69) is 15.3 Å². The summed E-state index contributed by atoms with van der Waals surface area (Å²) in [5.74, 6) is 0.609. The smallest absolute Gasteiger partial charge is 0.250 e. The van der Waals surface area contributed by atoms with E-state index in [1.165, 1.54) is 23.0 Å². The van der Waals surface area contributed by atoms with Crippen molar-refractivity contribution in [2.75, 3.05) is 0 Å². The van der Waals surface area contributed by atoms with Gasteiger partial charge >= 0.3 is 6.18 Å². The summed E-state index contributed by atoms with van der Waals surface area (Å²) in [6.45, 7) is 1.88. The Morgan fingerprint density at radius 3 is 2.85 bits per heavy atom. The minimum atomic E-state index is -4.37. The number of hydrogen-bond acceptors (Lipinski definition) is 3. The van der Waals surface area contributed by atoms with Crippen molar-refractivity contribution in [2.24, 2.45) is 5.10 Å². The summed E-state index contributed by atoms with van der Waals surface area (Å²) < 4.78 is 39.4. The van der Waals surface area contributed by atoms with Gasteiger partial charge in [0.1, 0.15) is 0 Å². The number of aryl methyl sites for hydroxylation is 1. The van der Waals surface area contributed by atoms with Gasteiger partial charge in [0.05, 0.1) is 11.8 Å². The van der Waals surface area contributed by atoms with Gasteiger partial charge in [0.2, 0.25) is 4.77 Å². The van der Waals surface area contributed by atoms with Gasteiger partial charge in [-0.1, -0.05) is 19.1 Å². The molecule has 0 saturated heterocycles. The predicted octanol–water partition coefficient (Wildman–Crippen LogP) is 3.40. The lowest BCUT2D eigenvalue weighted by molar-refractivity contribution is -0.137. The summed E-state index contributed by atoms with van der Waals surface area (Å²) >= 11 is 4.99. The fourth-order valence-electron chi connectivity index (χ4n) is 1.59. The molecule has 0 amide bonds. The summed E-state index contributed by atoms with van der Waals surface area (Å²) in [6.07, 6.45) is -2.45. The molecule has 0 fully saturated rings. The zero-order valence-corrected chi connectivity index (χ0v) is 11.3. The van der Waals surface area contributed by atoms with Gasteiger partial charge < -0.3 is 0 Å². The van der Waals surface area contributed by atoms with Crippen molar-refractivity contribution < 1.29 is 13.2 Å². The monoisotopic (exact) mass is 300 g/mol. The molecular weight excluding hydrogens is 289 g/mol. The van der Waals surface area contributed by atoms with E-state index in [9.17, 15) is 13.2 Å². The average molecular weight is 300 g/mol. The number of aromatic nitrogens is 3. The van der Waals surface area contributed by atoms with Crippen LogP contribution in [0.15, 0.2) is 29.4 Å². The molecule has 8 heteroatoms. The molecule has 20 heavy (non-hydrogen) atoms. The van der Waals surface area contributed by atoms with E-state index in [4.69, 9.17) is 12.2 Å². The van der Waals surface area contributed by atoms with Gasteiger partial charge in [-0.15, -0.1) is 0 Å². The number of H-pyrrole nitrogens is 1. The van der Waals surface area contributed by atoms with Crippen LogP contribution in [0.25, 0.3) is 0 Å². The molecule has 106 valence electrons. The Balaban J connectivity index is 2.32. The van der Waals surface area contributed by atoms with Gasteiger partial charge in [0, 0.05) is 6.42 Å². The lowest BCUT2D eigenvalue weighted by Crippen LogP contribution is -2.05. The number of benzene rings is 1. The molecule has 0 saturated carbocycles. The molecule has 0 radical (unpaired) electrons. The lowest BCUT2D eigenvalue weighted by atomic mass is 10.1. The topological polar surface area (TPSA) is 46.0 Å². The van der Waals surface area contributed by atoms with E-state index in [0.29, 0.717) is 22.6 Å². The largest absolute Gasteiger partial charge is 0.416 e. The molecule has 0 bridgehead atoms. The van der Waals surface area contributed by atoms with Crippen LogP contribution in [0.2, 0.25) is 0 Å². The van der Waals surface area contributed by atoms with Crippen LogP contribution in [-0.2, 0) is 12.6 Å². The highest BCUT2D eigenvalue weighted by atomic mass is 32.1. The third-order valence-corrected chi connectivity index (χ3v) is 2.83. The van der Waals surface area contributed by atoms with E-state index in [0.717, 1.165) is 12.1 Å². The third-order valence-electron chi connectivity index (χ3n) is 2.57. The molecule has 2 rings (SSSR count). The maximum absolute atomic E-state index is 12.6. The molecular formula is C12H11F3N4S. The van der Waals surface area contributed by atoms with E-state index >= 15 is 0 Å². The Labute approximate surface area is 117 Å². The summed E-state index contributed by atoms with van der Waals surface area (Å²) in [5, 5.41) is 10.6. The standard InChI is InChI=1S/C12H11F3N4S/c1-2-10-17-18-11(20)19(10)16-7-8-4-3-5-9(6-8)12(13,14)15/h3-7H,2H2,1H3,(H,18,20)/b16-7-. The summed E-state index contributed by atoms with van der Waals surface area (Å²) in [7, 11) is 0. The molecule has 0 aliphatic heterocycles. The first-order valence-corrected chi connectivity index (χ1v) is 6.20. The number of nitrogens with zero attached hydrogens (tertiary/aromatic N) is 3. The second-order valence-electron chi connectivity index (χ2n) is 3.98. The summed E-state index contributed by atoms with van der Waals surface area (Å²) in [6, 6.07) is 4.91. The number of hydrogen-bond donors (Lipinski definition) is 1. The molecule has 2 aromatic rings. The van der Waals surface area contributed by atoms with Gasteiger partial charge in [0.15, 0.2) is 5.82 Å². The number of halogens is 3. The Morgan fingerprint density at radius 2 is 2.20 bits per heavy atom. The molecule has 0 atom stereocenters. The van der Waals surface area contributed by atoms with Gasteiger partial charge in [0.25, 0.3) is 0 Å². The fraction of sp³-hybridized carbons (Fsp3) is 0.250. The van der Waals surface area contributed by atoms with Crippen molar-refractivity contribution in [2.45, 2.75) is 19.5 Å². The molecule has 1 aromatic heterocycles. The first-order chi connectivity index (χ1) is 9.41. The molecule has 0 unspecified atom stereocenters. The third kappa shape index (κ3) is 3.13. The van der Waals surface area contributed by atoms with Gasteiger partial charge in [-0.05, 0) is 29.9 Å². The highest BCUT2D eigenvalue weighted by Crippen LogP contribution is 2.29. The zero-order valence-electron chi connectivity index (χ0n) is 10.5. The van der Waals surface area contributed by atoms with E-state index in [1.807, 2.05) is 6.92 Å². The van der Waals surface area contributed by atoms with Crippen LogP contribution in [0.5, 0.6) is 0 Å². The predicted molar refractivity (Wildman–Crippen MR) is 71.2 cm³/mol. The molecule has 1 heterocycles. The highest BCUT2D eigenvalue weighted by Gasteiger charge is 2.30. The van der Waals surface area contributed by atoms with Crippen molar-refractivity contribution in [1.29, 1.82) is 0 Å². The van der Waals surface area contributed by atoms with Crippen LogP contribution in [-0.4, -0.2) is 21.1 Å². The zero-order chi connectivity index (χ0) is 14.8. The first kappa shape index (κ1) is 14.4. The van der Waals surface area contributed by atoms with Crippen molar-refractivity contribution in [3.63, 3.8) is 0 Å². The second-order valence-corrected chi connectivity index (χ2v) is 4.36. The van der Waals surface area contributed by atoms with E-state index in [-0.39, 0.29) is 0 Å². The van der Waals surface area contributed by atoms with Gasteiger partial charge in [-0.25, -0.2) is 0 Å². The Bertz CT molecular complexity index is 684. The molecule has 0 aliphatic rings. The molecule has 1 N–H and O–H groups in total. The maximum atomic E-state index is 12.6.